The van der Waals surface area contributed by atoms with E-state index in [0.717, 1.165) is 42.9 Å². The van der Waals surface area contributed by atoms with Crippen molar-refractivity contribution in [2.24, 2.45) is 34.5 Å². The first kappa shape index (κ1) is 18.2. The van der Waals surface area contributed by atoms with Crippen molar-refractivity contribution in [2.45, 2.75) is 83.8 Å². The third kappa shape index (κ3) is 2.79. The minimum Gasteiger partial charge on any atom is -0.371 e. The van der Waals surface area contributed by atoms with E-state index in [1.807, 2.05) is 0 Å². The molecule has 0 aromatic heterocycles. The van der Waals surface area contributed by atoms with Gasteiger partial charge in [-0.1, -0.05) is 13.8 Å². The normalized spacial score (nSPS) is 52.3. The zero-order valence-corrected chi connectivity index (χ0v) is 16.0. The van der Waals surface area contributed by atoms with Gasteiger partial charge in [0.2, 0.25) is 0 Å². The van der Waals surface area contributed by atoms with Gasteiger partial charge in [-0.15, -0.1) is 0 Å². The lowest BCUT2D eigenvalue weighted by atomic mass is 9.45. The summed E-state index contributed by atoms with van der Waals surface area (Å²) in [5, 5.41) is 18.4. The topological polar surface area (TPSA) is 58.9 Å². The van der Waals surface area contributed by atoms with Gasteiger partial charge in [0.25, 0.3) is 0 Å². The van der Waals surface area contributed by atoms with Crippen LogP contribution < -0.4 is 0 Å². The van der Waals surface area contributed by atoms with Gasteiger partial charge in [-0.05, 0) is 92.3 Å². The minimum absolute atomic E-state index is 0.132. The number of fused-ring (bicyclic) bond motifs is 5. The van der Waals surface area contributed by atoms with Crippen LogP contribution in [0.4, 0.5) is 0 Å². The van der Waals surface area contributed by atoms with Crippen molar-refractivity contribution in [3.05, 3.63) is 0 Å². The highest BCUT2D eigenvalue weighted by atomic mass is 16.6. The van der Waals surface area contributed by atoms with Crippen molar-refractivity contribution in [1.29, 1.82) is 0 Å². The van der Waals surface area contributed by atoms with Crippen molar-refractivity contribution in [1.82, 2.24) is 0 Å². The van der Waals surface area contributed by atoms with Crippen molar-refractivity contribution in [2.75, 3.05) is 13.6 Å². The average molecular weight is 353 g/mol. The minimum atomic E-state index is -0.132. The molecule has 4 saturated carbocycles. The Kier molecular flexibility index (Phi) is 4.94. The van der Waals surface area contributed by atoms with E-state index in [2.05, 4.69) is 13.8 Å². The van der Waals surface area contributed by atoms with Gasteiger partial charge >= 0.3 is 0 Å². The number of rotatable bonds is 4. The SMILES string of the molecule is C[C@]12CCC(OCO)CC1CC[C@@H]1[C@H]2CC[C@]2(C)C(OCO)CC[C@@H]12. The third-order valence-electron chi connectivity index (χ3n) is 9.12. The highest BCUT2D eigenvalue weighted by Gasteiger charge is 2.60. The number of aliphatic hydroxyl groups excluding tert-OH is 2. The first-order chi connectivity index (χ1) is 12.0. The molecule has 144 valence electrons. The molecule has 0 heterocycles. The molecule has 0 radical (unpaired) electrons. The second-order valence-electron chi connectivity index (χ2n) is 9.76. The van der Waals surface area contributed by atoms with E-state index >= 15 is 0 Å². The van der Waals surface area contributed by atoms with Gasteiger partial charge in [0.05, 0.1) is 12.2 Å². The summed E-state index contributed by atoms with van der Waals surface area (Å²) in [5.41, 5.74) is 0.722. The van der Waals surface area contributed by atoms with Crippen LogP contribution in [0.2, 0.25) is 0 Å². The Morgan fingerprint density at radius 3 is 2.28 bits per heavy atom. The molecule has 4 aliphatic rings. The quantitative estimate of drug-likeness (QED) is 0.758. The van der Waals surface area contributed by atoms with Crippen LogP contribution in [0.25, 0.3) is 0 Å². The number of hydrogen-bond donors (Lipinski definition) is 2. The first-order valence-corrected chi connectivity index (χ1v) is 10.5. The van der Waals surface area contributed by atoms with Crippen molar-refractivity contribution in [3.8, 4) is 0 Å². The maximum absolute atomic E-state index is 9.28. The van der Waals surface area contributed by atoms with E-state index in [-0.39, 0.29) is 31.2 Å². The fourth-order valence-corrected chi connectivity index (χ4v) is 7.79. The fraction of sp³-hybridized carbons (Fsp3) is 1.00. The molecule has 25 heavy (non-hydrogen) atoms. The molecule has 2 N–H and O–H groups in total. The van der Waals surface area contributed by atoms with Crippen molar-refractivity contribution < 1.29 is 19.7 Å². The van der Waals surface area contributed by atoms with Crippen LogP contribution in [-0.2, 0) is 9.47 Å². The van der Waals surface area contributed by atoms with E-state index in [1.54, 1.807) is 0 Å². The summed E-state index contributed by atoms with van der Waals surface area (Å²) in [6.07, 6.45) is 11.7. The molecule has 0 aliphatic heterocycles. The van der Waals surface area contributed by atoms with Crippen LogP contribution in [0.15, 0.2) is 0 Å². The van der Waals surface area contributed by atoms with Crippen LogP contribution in [0, 0.1) is 34.5 Å². The van der Waals surface area contributed by atoms with Crippen LogP contribution >= 0.6 is 0 Å². The Labute approximate surface area is 152 Å². The van der Waals surface area contributed by atoms with E-state index < -0.39 is 0 Å². The molecule has 4 rings (SSSR count). The van der Waals surface area contributed by atoms with E-state index in [1.165, 1.54) is 38.5 Å². The maximum Gasteiger partial charge on any atom is 0.143 e. The smallest absolute Gasteiger partial charge is 0.143 e. The molecule has 0 aromatic carbocycles. The zero-order chi connectivity index (χ0) is 17.7. The van der Waals surface area contributed by atoms with Gasteiger partial charge in [-0.25, -0.2) is 0 Å². The number of hydrogen-bond acceptors (Lipinski definition) is 4. The van der Waals surface area contributed by atoms with Gasteiger partial charge in [0.15, 0.2) is 0 Å². The second-order valence-corrected chi connectivity index (χ2v) is 9.76. The molecule has 8 atom stereocenters. The Hall–Kier alpha value is -0.160. The summed E-state index contributed by atoms with van der Waals surface area (Å²) < 4.78 is 11.3. The van der Waals surface area contributed by atoms with E-state index in [4.69, 9.17) is 14.6 Å². The van der Waals surface area contributed by atoms with Crippen molar-refractivity contribution >= 4 is 0 Å². The molecule has 4 fully saturated rings. The van der Waals surface area contributed by atoms with Gasteiger partial charge in [-0.2, -0.15) is 0 Å². The average Bonchev–Trinajstić information content (AvgIpc) is 2.93. The first-order valence-electron chi connectivity index (χ1n) is 10.5. The molecular formula is C21H36O4. The predicted octanol–water partition coefficient (Wildman–Crippen LogP) is 3.70. The molecule has 4 nitrogen and oxygen atoms in total. The lowest BCUT2D eigenvalue weighted by Crippen LogP contribution is -2.54. The molecule has 0 amide bonds. The monoisotopic (exact) mass is 352 g/mol. The molecule has 4 aliphatic carbocycles. The van der Waals surface area contributed by atoms with E-state index in [9.17, 15) is 5.11 Å². The van der Waals surface area contributed by atoms with Gasteiger partial charge < -0.3 is 19.7 Å². The second kappa shape index (κ2) is 6.78. The van der Waals surface area contributed by atoms with Crippen molar-refractivity contribution in [3.63, 3.8) is 0 Å². The summed E-state index contributed by atoms with van der Waals surface area (Å²) in [7, 11) is 0. The van der Waals surface area contributed by atoms with Crippen LogP contribution in [-0.4, -0.2) is 36.0 Å². The van der Waals surface area contributed by atoms with Gasteiger partial charge in [0, 0.05) is 0 Å². The van der Waals surface area contributed by atoms with Gasteiger partial charge in [0.1, 0.15) is 13.6 Å². The Morgan fingerprint density at radius 2 is 1.52 bits per heavy atom. The Bertz CT molecular complexity index is 483. The summed E-state index contributed by atoms with van der Waals surface area (Å²) in [5.74, 6) is 3.20. The Morgan fingerprint density at radius 1 is 0.800 bits per heavy atom. The van der Waals surface area contributed by atoms with Crippen LogP contribution in [0.5, 0.6) is 0 Å². The molecule has 0 aromatic rings. The summed E-state index contributed by atoms with van der Waals surface area (Å²) in [6.45, 7) is 4.73. The predicted molar refractivity (Wildman–Crippen MR) is 95.6 cm³/mol. The highest BCUT2D eigenvalue weighted by molar-refractivity contribution is 5.09. The molecular weight excluding hydrogens is 316 g/mol. The lowest BCUT2D eigenvalue weighted by Gasteiger charge is -2.61. The largest absolute Gasteiger partial charge is 0.371 e. The van der Waals surface area contributed by atoms with E-state index in [0.29, 0.717) is 5.41 Å². The van der Waals surface area contributed by atoms with Crippen LogP contribution in [0.3, 0.4) is 0 Å². The highest BCUT2D eigenvalue weighted by Crippen LogP contribution is 2.66. The third-order valence-corrected chi connectivity index (χ3v) is 9.12. The molecule has 4 heteroatoms. The molecule has 0 spiro atoms. The summed E-state index contributed by atoms with van der Waals surface area (Å²) in [6, 6.07) is 0. The van der Waals surface area contributed by atoms with Gasteiger partial charge in [-0.3, -0.25) is 0 Å². The Balaban J connectivity index is 1.52. The molecule has 0 bridgehead atoms. The number of aliphatic hydroxyl groups is 2. The zero-order valence-electron chi connectivity index (χ0n) is 16.0. The van der Waals surface area contributed by atoms with Crippen LogP contribution in [0.1, 0.15) is 71.6 Å². The maximum atomic E-state index is 9.28. The number of ether oxygens (including phenoxy) is 2. The molecule has 3 unspecified atom stereocenters. The standard InChI is InChI=1S/C21H36O4/c1-20-9-7-15(24-12-22)11-14(20)3-4-16-17-5-6-19(25-13-23)21(17,2)10-8-18(16)20/h14-19,22-23H,3-13H2,1-2H3/t14?,15?,16-,17-,18+,19?,20-,21-/m0/s1. The molecule has 0 saturated heterocycles. The lowest BCUT2D eigenvalue weighted by molar-refractivity contribution is -0.164. The summed E-state index contributed by atoms with van der Waals surface area (Å²) in [4.78, 5) is 0. The summed E-state index contributed by atoms with van der Waals surface area (Å²) >= 11 is 0. The fourth-order valence-electron chi connectivity index (χ4n) is 7.79.